The van der Waals surface area contributed by atoms with E-state index in [4.69, 9.17) is 5.11 Å². The average Bonchev–Trinajstić information content (AvgIpc) is 2.25. The molecule has 0 fully saturated rings. The molecule has 0 bridgehead atoms. The summed E-state index contributed by atoms with van der Waals surface area (Å²) in [7, 11) is 3.25. The first-order chi connectivity index (χ1) is 7.88. The van der Waals surface area contributed by atoms with E-state index < -0.39 is 18.0 Å². The Morgan fingerprint density at radius 2 is 1.88 bits per heavy atom. The molecule has 7 heteroatoms. The molecular formula is C10H19N3O4. The number of nitrogens with one attached hydrogen (secondary N) is 2. The largest absolute Gasteiger partial charge is 0.480 e. The highest BCUT2D eigenvalue weighted by atomic mass is 16.4. The van der Waals surface area contributed by atoms with E-state index in [2.05, 4.69) is 10.6 Å². The molecule has 0 aliphatic rings. The molecule has 0 rings (SSSR count). The molecule has 0 aromatic rings. The van der Waals surface area contributed by atoms with E-state index in [-0.39, 0.29) is 18.9 Å². The maximum atomic E-state index is 11.3. The van der Waals surface area contributed by atoms with Crippen molar-refractivity contribution in [3.63, 3.8) is 0 Å². The molecule has 0 aliphatic heterocycles. The molecule has 1 atom stereocenters. The summed E-state index contributed by atoms with van der Waals surface area (Å²) in [6, 6.07) is -1.48. The Morgan fingerprint density at radius 1 is 1.29 bits per heavy atom. The van der Waals surface area contributed by atoms with Crippen molar-refractivity contribution in [3.8, 4) is 0 Å². The summed E-state index contributed by atoms with van der Waals surface area (Å²) < 4.78 is 0. The molecular weight excluding hydrogens is 226 g/mol. The van der Waals surface area contributed by atoms with Crippen LogP contribution in [-0.2, 0) is 9.59 Å². The van der Waals surface area contributed by atoms with Crippen molar-refractivity contribution < 1.29 is 19.5 Å². The maximum absolute atomic E-state index is 11.3. The van der Waals surface area contributed by atoms with Crippen LogP contribution in [0.1, 0.15) is 19.8 Å². The number of urea groups is 1. The summed E-state index contributed by atoms with van der Waals surface area (Å²) in [5.41, 5.74) is 0. The zero-order valence-corrected chi connectivity index (χ0v) is 10.3. The lowest BCUT2D eigenvalue weighted by atomic mass is 10.2. The minimum Gasteiger partial charge on any atom is -0.480 e. The molecule has 0 radical (unpaired) electrons. The molecule has 17 heavy (non-hydrogen) atoms. The van der Waals surface area contributed by atoms with Crippen LogP contribution in [0.15, 0.2) is 0 Å². The Balaban J connectivity index is 3.87. The van der Waals surface area contributed by atoms with Crippen LogP contribution >= 0.6 is 0 Å². The van der Waals surface area contributed by atoms with Crippen molar-refractivity contribution in [2.75, 3.05) is 20.6 Å². The number of nitrogens with zero attached hydrogens (tertiary/aromatic N) is 1. The topological polar surface area (TPSA) is 98.7 Å². The molecule has 3 N–H and O–H groups in total. The fourth-order valence-electron chi connectivity index (χ4n) is 1.05. The van der Waals surface area contributed by atoms with Crippen LogP contribution < -0.4 is 10.6 Å². The quantitative estimate of drug-likeness (QED) is 0.594. The first kappa shape index (κ1) is 15.2. The minimum absolute atomic E-state index is 0.101. The highest BCUT2D eigenvalue weighted by molar-refractivity contribution is 5.83. The van der Waals surface area contributed by atoms with Crippen LogP contribution in [0.2, 0.25) is 0 Å². The third-order valence-electron chi connectivity index (χ3n) is 2.13. The molecule has 0 unspecified atom stereocenters. The van der Waals surface area contributed by atoms with Crippen molar-refractivity contribution >= 4 is 17.9 Å². The predicted molar refractivity (Wildman–Crippen MR) is 61.6 cm³/mol. The van der Waals surface area contributed by atoms with Gasteiger partial charge in [0.2, 0.25) is 5.91 Å². The Bertz CT molecular complexity index is 291. The van der Waals surface area contributed by atoms with Gasteiger partial charge in [-0.3, -0.25) is 4.79 Å². The van der Waals surface area contributed by atoms with Gasteiger partial charge >= 0.3 is 12.0 Å². The summed E-state index contributed by atoms with van der Waals surface area (Å²) in [4.78, 5) is 34.5. The number of amides is 3. The van der Waals surface area contributed by atoms with Gasteiger partial charge < -0.3 is 20.6 Å². The van der Waals surface area contributed by atoms with Crippen LogP contribution in [0.3, 0.4) is 0 Å². The molecule has 0 aromatic carbocycles. The number of carboxylic acids is 1. The lowest BCUT2D eigenvalue weighted by molar-refractivity contribution is -0.139. The summed E-state index contributed by atoms with van der Waals surface area (Å²) >= 11 is 0. The Labute approximate surface area is 100 Å². The van der Waals surface area contributed by atoms with Crippen molar-refractivity contribution in [2.24, 2.45) is 0 Å². The third kappa shape index (κ3) is 6.39. The number of carbonyl (C=O) groups excluding carboxylic acids is 2. The van der Waals surface area contributed by atoms with E-state index >= 15 is 0 Å². The summed E-state index contributed by atoms with van der Waals surface area (Å²) in [5.74, 6) is -1.18. The van der Waals surface area contributed by atoms with E-state index in [0.717, 1.165) is 0 Å². The van der Waals surface area contributed by atoms with Crippen LogP contribution in [0.4, 0.5) is 4.79 Å². The number of rotatable bonds is 6. The van der Waals surface area contributed by atoms with Crippen LogP contribution in [-0.4, -0.2) is 54.6 Å². The smallest absolute Gasteiger partial charge is 0.326 e. The van der Waals surface area contributed by atoms with Crippen molar-refractivity contribution in [1.82, 2.24) is 15.5 Å². The van der Waals surface area contributed by atoms with Gasteiger partial charge in [0.25, 0.3) is 0 Å². The van der Waals surface area contributed by atoms with Crippen LogP contribution in [0, 0.1) is 0 Å². The zero-order chi connectivity index (χ0) is 13.4. The van der Waals surface area contributed by atoms with Gasteiger partial charge in [0, 0.05) is 27.1 Å². The monoisotopic (exact) mass is 245 g/mol. The highest BCUT2D eigenvalue weighted by Crippen LogP contribution is 1.90. The van der Waals surface area contributed by atoms with Gasteiger partial charge in [-0.2, -0.15) is 0 Å². The molecule has 0 saturated carbocycles. The Morgan fingerprint density at radius 3 is 2.29 bits per heavy atom. The summed E-state index contributed by atoms with van der Waals surface area (Å²) in [6.45, 7) is 1.84. The van der Waals surface area contributed by atoms with Gasteiger partial charge in [-0.25, -0.2) is 9.59 Å². The number of carbonyl (C=O) groups is 3. The van der Waals surface area contributed by atoms with Crippen molar-refractivity contribution in [3.05, 3.63) is 0 Å². The van der Waals surface area contributed by atoms with Crippen LogP contribution in [0.5, 0.6) is 0 Å². The first-order valence-electron chi connectivity index (χ1n) is 5.35. The molecule has 0 aromatic heterocycles. The Kier molecular flexibility index (Phi) is 6.69. The molecule has 3 amide bonds. The van der Waals surface area contributed by atoms with E-state index in [1.165, 1.54) is 4.90 Å². The van der Waals surface area contributed by atoms with Gasteiger partial charge in [0.05, 0.1) is 0 Å². The van der Waals surface area contributed by atoms with E-state index in [1.807, 2.05) is 0 Å². The lowest BCUT2D eigenvalue weighted by Gasteiger charge is -2.14. The fraction of sp³-hybridized carbons (Fsp3) is 0.700. The highest BCUT2D eigenvalue weighted by Gasteiger charge is 2.17. The van der Waals surface area contributed by atoms with Gasteiger partial charge in [0.1, 0.15) is 6.04 Å². The number of carboxylic acid groups (broad SMARTS) is 1. The summed E-state index contributed by atoms with van der Waals surface area (Å²) in [6.07, 6.45) is 0.490. The molecule has 98 valence electrons. The van der Waals surface area contributed by atoms with E-state index in [1.54, 1.807) is 21.0 Å². The molecule has 0 heterocycles. The first-order valence-corrected chi connectivity index (χ1v) is 5.35. The summed E-state index contributed by atoms with van der Waals surface area (Å²) in [5, 5.41) is 13.4. The minimum atomic E-state index is -1.08. The standard InChI is InChI=1S/C10H19N3O4/c1-4-7(9(15)16)12-10(17)11-6-5-8(14)13(2)3/h7H,4-6H2,1-3H3,(H,15,16)(H2,11,12,17)/t7-/m0/s1. The molecule has 0 saturated heterocycles. The van der Waals surface area contributed by atoms with E-state index in [9.17, 15) is 14.4 Å². The predicted octanol–water partition coefficient (Wildman–Crippen LogP) is -0.373. The van der Waals surface area contributed by atoms with Gasteiger partial charge in [-0.05, 0) is 6.42 Å². The molecule has 0 aliphatic carbocycles. The number of aliphatic carboxylic acids is 1. The van der Waals surface area contributed by atoms with Crippen molar-refractivity contribution in [1.29, 1.82) is 0 Å². The number of hydrogen-bond donors (Lipinski definition) is 3. The third-order valence-corrected chi connectivity index (χ3v) is 2.13. The van der Waals surface area contributed by atoms with Gasteiger partial charge in [-0.15, -0.1) is 0 Å². The van der Waals surface area contributed by atoms with Gasteiger partial charge in [-0.1, -0.05) is 6.92 Å². The second-order valence-corrected chi connectivity index (χ2v) is 3.74. The van der Waals surface area contributed by atoms with Gasteiger partial charge in [0.15, 0.2) is 0 Å². The Hall–Kier alpha value is -1.79. The van der Waals surface area contributed by atoms with Crippen molar-refractivity contribution in [2.45, 2.75) is 25.8 Å². The second kappa shape index (κ2) is 7.48. The molecule has 0 spiro atoms. The number of hydrogen-bond acceptors (Lipinski definition) is 3. The van der Waals surface area contributed by atoms with E-state index in [0.29, 0.717) is 6.42 Å². The van der Waals surface area contributed by atoms with Crippen LogP contribution in [0.25, 0.3) is 0 Å². The maximum Gasteiger partial charge on any atom is 0.326 e. The zero-order valence-electron chi connectivity index (χ0n) is 10.3. The average molecular weight is 245 g/mol. The SMILES string of the molecule is CC[C@H](NC(=O)NCCC(=O)N(C)C)C(=O)O. The molecule has 7 nitrogen and oxygen atoms in total. The second-order valence-electron chi connectivity index (χ2n) is 3.74. The fourth-order valence-corrected chi connectivity index (χ4v) is 1.05. The normalized spacial score (nSPS) is 11.5. The lowest BCUT2D eigenvalue weighted by Crippen LogP contribution is -2.46.